The highest BCUT2D eigenvalue weighted by atomic mass is 35.5. The quantitative estimate of drug-likeness (QED) is 0.169. The molecule has 1 nitrogen and oxygen atoms in total. The maximum absolute atomic E-state index is 6.83. The van der Waals surface area contributed by atoms with Crippen LogP contribution in [0.5, 0.6) is 0 Å². The summed E-state index contributed by atoms with van der Waals surface area (Å²) < 4.78 is 0. The number of hydrogen-bond donors (Lipinski definition) is 0. The van der Waals surface area contributed by atoms with Crippen molar-refractivity contribution in [3.63, 3.8) is 0 Å². The van der Waals surface area contributed by atoms with Gasteiger partial charge in [0.05, 0.1) is 5.70 Å². The molecule has 6 aromatic carbocycles. The molecule has 0 aromatic heterocycles. The van der Waals surface area contributed by atoms with Crippen LogP contribution >= 0.6 is 11.6 Å². The van der Waals surface area contributed by atoms with E-state index in [4.69, 9.17) is 16.6 Å². The molecule has 0 aliphatic carbocycles. The standard InChI is InChI=1S/C43H32ClN/c1-30-22-43(44)45-42(40-27-37(33-18-10-4-11-19-33)24-38(28-40)34-20-12-5-13-21-34)29-41(30)39-25-35(31-14-6-2-7-15-31)23-36(26-39)32-16-8-3-9-17-32/h2-21,23-29,41H,1,22H2. The largest absolute Gasteiger partial charge is 0.241 e. The van der Waals surface area contributed by atoms with E-state index in [1.807, 2.05) is 12.1 Å². The van der Waals surface area contributed by atoms with E-state index in [0.29, 0.717) is 11.6 Å². The fraction of sp³-hybridized carbons (Fsp3) is 0.0465. The predicted molar refractivity (Wildman–Crippen MR) is 192 cm³/mol. The number of benzene rings is 6. The van der Waals surface area contributed by atoms with E-state index in [0.717, 1.165) is 39.1 Å². The van der Waals surface area contributed by atoms with E-state index in [2.05, 4.69) is 158 Å². The molecule has 0 radical (unpaired) electrons. The van der Waals surface area contributed by atoms with Gasteiger partial charge in [0, 0.05) is 17.9 Å². The van der Waals surface area contributed by atoms with Gasteiger partial charge in [-0.3, -0.25) is 0 Å². The second kappa shape index (κ2) is 12.8. The second-order valence-corrected chi connectivity index (χ2v) is 11.9. The zero-order chi connectivity index (χ0) is 30.6. The average Bonchev–Trinajstić information content (AvgIpc) is 3.26. The lowest BCUT2D eigenvalue weighted by molar-refractivity contribution is 0.979. The van der Waals surface area contributed by atoms with Gasteiger partial charge in [0.1, 0.15) is 5.17 Å². The number of aliphatic imine (C=N–C) groups is 1. The van der Waals surface area contributed by atoms with Crippen LogP contribution in [0.4, 0.5) is 0 Å². The molecule has 1 unspecified atom stereocenters. The van der Waals surface area contributed by atoms with Gasteiger partial charge >= 0.3 is 0 Å². The molecule has 2 heteroatoms. The molecule has 0 bridgehead atoms. The van der Waals surface area contributed by atoms with Crippen molar-refractivity contribution in [2.75, 3.05) is 0 Å². The van der Waals surface area contributed by atoms with Gasteiger partial charge in [-0.25, -0.2) is 4.99 Å². The van der Waals surface area contributed by atoms with Gasteiger partial charge in [0.15, 0.2) is 0 Å². The Labute approximate surface area is 270 Å². The average molecular weight is 598 g/mol. The molecule has 0 saturated carbocycles. The summed E-state index contributed by atoms with van der Waals surface area (Å²) in [6, 6.07) is 55.7. The van der Waals surface area contributed by atoms with E-state index < -0.39 is 0 Å². The molecule has 216 valence electrons. The number of rotatable bonds is 6. The first-order chi connectivity index (χ1) is 22.1. The van der Waals surface area contributed by atoms with Crippen LogP contribution in [0.2, 0.25) is 0 Å². The van der Waals surface area contributed by atoms with Gasteiger partial charge in [-0.1, -0.05) is 157 Å². The SMILES string of the molecule is C=C1CC(Cl)=NC(c2cc(-c3ccccc3)cc(-c3ccccc3)c2)=CC1c1cc(-c2ccccc2)cc(-c2ccccc2)c1. The molecule has 0 fully saturated rings. The minimum atomic E-state index is -0.0771. The summed E-state index contributed by atoms with van der Waals surface area (Å²) in [5, 5.41) is 0.544. The van der Waals surface area contributed by atoms with Crippen LogP contribution in [0.3, 0.4) is 0 Å². The van der Waals surface area contributed by atoms with Gasteiger partial charge in [0.25, 0.3) is 0 Å². The lowest BCUT2D eigenvalue weighted by atomic mass is 9.85. The molecule has 0 saturated heterocycles. The van der Waals surface area contributed by atoms with Crippen LogP contribution < -0.4 is 0 Å². The van der Waals surface area contributed by atoms with Gasteiger partial charge in [-0.2, -0.15) is 0 Å². The van der Waals surface area contributed by atoms with Crippen LogP contribution in [0.15, 0.2) is 181 Å². The van der Waals surface area contributed by atoms with Gasteiger partial charge < -0.3 is 0 Å². The highest BCUT2D eigenvalue weighted by Crippen LogP contribution is 2.40. The Kier molecular flexibility index (Phi) is 8.10. The monoisotopic (exact) mass is 597 g/mol. The zero-order valence-corrected chi connectivity index (χ0v) is 25.7. The van der Waals surface area contributed by atoms with E-state index in [9.17, 15) is 0 Å². The fourth-order valence-electron chi connectivity index (χ4n) is 6.07. The summed E-state index contributed by atoms with van der Waals surface area (Å²) in [5.74, 6) is -0.0771. The molecule has 1 atom stereocenters. The first-order valence-corrected chi connectivity index (χ1v) is 15.6. The van der Waals surface area contributed by atoms with Crippen molar-refractivity contribution in [3.05, 3.63) is 187 Å². The van der Waals surface area contributed by atoms with Crippen molar-refractivity contribution in [1.29, 1.82) is 0 Å². The minimum absolute atomic E-state index is 0.0771. The lowest BCUT2D eigenvalue weighted by Crippen LogP contribution is -2.01. The van der Waals surface area contributed by atoms with Crippen LogP contribution in [-0.2, 0) is 0 Å². The Morgan fingerprint density at radius 2 is 0.822 bits per heavy atom. The van der Waals surface area contributed by atoms with Crippen LogP contribution in [0, 0.1) is 0 Å². The van der Waals surface area contributed by atoms with E-state index >= 15 is 0 Å². The van der Waals surface area contributed by atoms with Crippen LogP contribution in [0.1, 0.15) is 23.5 Å². The van der Waals surface area contributed by atoms with Crippen molar-refractivity contribution >= 4 is 22.5 Å². The summed E-state index contributed by atoms with van der Waals surface area (Å²) in [6.45, 7) is 4.54. The molecule has 1 heterocycles. The molecule has 0 amide bonds. The first-order valence-electron chi connectivity index (χ1n) is 15.3. The third-order valence-corrected chi connectivity index (χ3v) is 8.57. The lowest BCUT2D eigenvalue weighted by Gasteiger charge is -2.19. The fourth-order valence-corrected chi connectivity index (χ4v) is 6.33. The van der Waals surface area contributed by atoms with Crippen molar-refractivity contribution in [1.82, 2.24) is 0 Å². The molecule has 0 spiro atoms. The molecular weight excluding hydrogens is 566 g/mol. The Hall–Kier alpha value is -5.24. The number of allylic oxidation sites excluding steroid dienone is 2. The summed E-state index contributed by atoms with van der Waals surface area (Å²) in [4.78, 5) is 4.99. The topological polar surface area (TPSA) is 12.4 Å². The van der Waals surface area contributed by atoms with Crippen molar-refractivity contribution in [2.24, 2.45) is 4.99 Å². The molecular formula is C43H32ClN. The van der Waals surface area contributed by atoms with Crippen LogP contribution in [0.25, 0.3) is 50.2 Å². The maximum Gasteiger partial charge on any atom is 0.111 e. The summed E-state index contributed by atoms with van der Waals surface area (Å²) in [5.41, 5.74) is 13.3. The van der Waals surface area contributed by atoms with Gasteiger partial charge in [-0.05, 0) is 80.4 Å². The van der Waals surface area contributed by atoms with Crippen molar-refractivity contribution in [2.45, 2.75) is 12.3 Å². The predicted octanol–water partition coefficient (Wildman–Crippen LogP) is 12.1. The summed E-state index contributed by atoms with van der Waals surface area (Å²) in [6.07, 6.45) is 2.77. The molecule has 0 N–H and O–H groups in total. The summed E-state index contributed by atoms with van der Waals surface area (Å²) in [7, 11) is 0. The van der Waals surface area contributed by atoms with E-state index in [-0.39, 0.29) is 5.92 Å². The molecule has 1 aliphatic rings. The molecule has 7 rings (SSSR count). The third-order valence-electron chi connectivity index (χ3n) is 8.35. The number of nitrogens with zero attached hydrogens (tertiary/aromatic N) is 1. The van der Waals surface area contributed by atoms with Crippen LogP contribution in [-0.4, -0.2) is 5.17 Å². The van der Waals surface area contributed by atoms with Crippen molar-refractivity contribution < 1.29 is 0 Å². The minimum Gasteiger partial charge on any atom is -0.241 e. The van der Waals surface area contributed by atoms with E-state index in [1.54, 1.807) is 0 Å². The number of halogens is 1. The normalized spacial score (nSPS) is 14.8. The Morgan fingerprint density at radius 1 is 0.467 bits per heavy atom. The Morgan fingerprint density at radius 3 is 1.22 bits per heavy atom. The Bertz CT molecular complexity index is 1910. The van der Waals surface area contributed by atoms with E-state index in [1.165, 1.54) is 27.8 Å². The molecule has 1 aliphatic heterocycles. The highest BCUT2D eigenvalue weighted by molar-refractivity contribution is 6.66. The number of hydrogen-bond acceptors (Lipinski definition) is 1. The van der Waals surface area contributed by atoms with Gasteiger partial charge in [-0.15, -0.1) is 0 Å². The molecule has 6 aromatic rings. The van der Waals surface area contributed by atoms with Crippen molar-refractivity contribution in [3.8, 4) is 44.5 Å². The smallest absolute Gasteiger partial charge is 0.111 e. The second-order valence-electron chi connectivity index (χ2n) is 11.5. The third kappa shape index (κ3) is 6.36. The summed E-state index contributed by atoms with van der Waals surface area (Å²) >= 11 is 6.83. The zero-order valence-electron chi connectivity index (χ0n) is 24.9. The Balaban J connectivity index is 1.40. The van der Waals surface area contributed by atoms with Gasteiger partial charge in [0.2, 0.25) is 0 Å². The first kappa shape index (κ1) is 28.5. The maximum atomic E-state index is 6.83. The highest BCUT2D eigenvalue weighted by Gasteiger charge is 2.22. The molecule has 45 heavy (non-hydrogen) atoms.